The molecule has 2 aromatic heterocycles. The van der Waals surface area contributed by atoms with E-state index in [2.05, 4.69) is 68.5 Å². The molecule has 0 aliphatic heterocycles. The van der Waals surface area contributed by atoms with E-state index in [1.165, 1.54) is 45.5 Å². The van der Waals surface area contributed by atoms with Gasteiger partial charge in [-0.1, -0.05) is 83.9 Å². The zero-order valence-electron chi connectivity index (χ0n) is 38.4. The summed E-state index contributed by atoms with van der Waals surface area (Å²) in [6, 6.07) is 30.5. The number of ether oxygens (including phenoxy) is 2. The Kier molecular flexibility index (Phi) is 27.5. The summed E-state index contributed by atoms with van der Waals surface area (Å²) in [6.45, 7) is 2.43. The quantitative estimate of drug-likeness (QED) is 0.0306. The molecule has 4 aromatic carbocycles. The number of carbonyl (C=O) groups is 4. The zero-order valence-corrected chi connectivity index (χ0v) is 46.2. The maximum absolute atomic E-state index is 12.9. The van der Waals surface area contributed by atoms with Crippen LogP contribution < -0.4 is 37.1 Å². The van der Waals surface area contributed by atoms with E-state index in [0.29, 0.717) is 26.9 Å². The number of nitrogens with one attached hydrogen (secondary N) is 4. The van der Waals surface area contributed by atoms with Gasteiger partial charge in [-0.15, -0.1) is 70.5 Å². The van der Waals surface area contributed by atoms with Crippen LogP contribution >= 0.6 is 93.7 Å². The summed E-state index contributed by atoms with van der Waals surface area (Å²) in [5.41, 5.74) is 2.03. The van der Waals surface area contributed by atoms with Crippen molar-refractivity contribution in [3.8, 4) is 11.5 Å². The number of nitrogens with zero attached hydrogens (tertiary/aromatic N) is 2. The molecule has 382 valence electrons. The van der Waals surface area contributed by atoms with Crippen molar-refractivity contribution in [3.05, 3.63) is 187 Å². The third-order valence-corrected chi connectivity index (χ3v) is 10.4. The molecule has 16 nitrogen and oxygen atoms in total. The second-order valence-corrected chi connectivity index (χ2v) is 22.6. The fourth-order valence-electron chi connectivity index (χ4n) is 6.38. The summed E-state index contributed by atoms with van der Waals surface area (Å²) in [4.78, 5) is 74.2. The molecule has 2 atom stereocenters. The number of esters is 1. The molecule has 4 amide bonds. The minimum atomic E-state index is -1.11. The first-order valence-corrected chi connectivity index (χ1v) is 25.8. The lowest BCUT2D eigenvalue weighted by Crippen LogP contribution is -2.36. The summed E-state index contributed by atoms with van der Waals surface area (Å²) < 4.78 is 13.3. The van der Waals surface area contributed by atoms with Gasteiger partial charge >= 0.3 is 27.2 Å². The first-order chi connectivity index (χ1) is 34.4. The second kappa shape index (κ2) is 32.6. The van der Waals surface area contributed by atoms with Crippen LogP contribution in [0.5, 0.6) is 11.5 Å². The zero-order chi connectivity index (χ0) is 53.2. The number of carbonyl (C=O) groups excluding carboxylic acids is 3. The summed E-state index contributed by atoms with van der Waals surface area (Å²) >= 11 is 31.2. The van der Waals surface area contributed by atoms with Crippen LogP contribution in [0.25, 0.3) is 0 Å². The van der Waals surface area contributed by atoms with E-state index in [9.17, 15) is 33.9 Å². The van der Waals surface area contributed by atoms with E-state index in [-0.39, 0.29) is 63.7 Å². The van der Waals surface area contributed by atoms with Crippen LogP contribution in [0, 0.1) is 0 Å². The number of pyridine rings is 2. The number of phenolic OH excluding ortho intramolecular Hbond substituents is 1. The SMILES string of the molecule is BrB(Br)Br.CCOC(=O)C[C@H](NC(=O)Nc1cccn(Cc2ccccc2Cl)c1=O)c1ccc(OC)cc1.ClCCl.O=C(O)C[C@H](NC(=O)Nc1cccn(Cc2ccccc2Cl)c1=O)c1ccc(O)cc1. The summed E-state index contributed by atoms with van der Waals surface area (Å²) in [5, 5.41) is 30.2. The molecule has 0 bridgehead atoms. The number of phenols is 1. The summed E-state index contributed by atoms with van der Waals surface area (Å²) in [5.74, 6) is -0.900. The van der Waals surface area contributed by atoms with Crippen molar-refractivity contribution in [2.75, 3.05) is 29.7 Å². The number of carboxylic acids is 1. The highest BCUT2D eigenvalue weighted by atomic mass is 79.9. The van der Waals surface area contributed by atoms with Crippen LogP contribution in [-0.2, 0) is 27.4 Å². The van der Waals surface area contributed by atoms with Crippen LogP contribution in [0.1, 0.15) is 54.1 Å². The van der Waals surface area contributed by atoms with Crippen LogP contribution in [0.4, 0.5) is 21.0 Å². The molecule has 0 fully saturated rings. The molecule has 24 heteroatoms. The Hall–Kier alpha value is -5.48. The number of carboxylic acid groups (broad SMARTS) is 1. The molecule has 0 saturated carbocycles. The van der Waals surface area contributed by atoms with Crippen LogP contribution in [0.15, 0.2) is 143 Å². The number of amides is 4. The van der Waals surface area contributed by atoms with Crippen LogP contribution in [0.3, 0.4) is 0 Å². The number of aromatic hydroxyl groups is 1. The van der Waals surface area contributed by atoms with E-state index >= 15 is 0 Å². The van der Waals surface area contributed by atoms with Crippen molar-refractivity contribution in [1.29, 1.82) is 0 Å². The largest absolute Gasteiger partial charge is 0.508 e. The number of hydrogen-bond acceptors (Lipinski definition) is 9. The number of rotatable bonds is 16. The van der Waals surface area contributed by atoms with E-state index in [0.717, 1.165) is 11.1 Å². The smallest absolute Gasteiger partial charge is 0.369 e. The van der Waals surface area contributed by atoms with Crippen molar-refractivity contribution >= 4 is 132 Å². The Labute approximate surface area is 460 Å². The maximum atomic E-state index is 12.9. The highest BCUT2D eigenvalue weighted by Crippen LogP contribution is 2.23. The molecule has 6 N–H and O–H groups in total. The van der Waals surface area contributed by atoms with Gasteiger partial charge in [0.15, 0.2) is 0 Å². The van der Waals surface area contributed by atoms with E-state index < -0.39 is 41.6 Å². The topological polar surface area (TPSA) is 219 Å². The lowest BCUT2D eigenvalue weighted by atomic mass is 10.0. The highest BCUT2D eigenvalue weighted by Gasteiger charge is 2.22. The number of aromatic nitrogens is 2. The van der Waals surface area contributed by atoms with Crippen molar-refractivity contribution in [2.24, 2.45) is 0 Å². The van der Waals surface area contributed by atoms with Crippen molar-refractivity contribution in [3.63, 3.8) is 0 Å². The van der Waals surface area contributed by atoms with Gasteiger partial charge in [0.1, 0.15) is 22.9 Å². The third-order valence-electron chi connectivity index (χ3n) is 9.61. The molecule has 0 saturated heterocycles. The highest BCUT2D eigenvalue weighted by molar-refractivity contribution is 9.69. The van der Waals surface area contributed by atoms with E-state index in [4.69, 9.17) is 61.0 Å². The maximum Gasteiger partial charge on any atom is 0.369 e. The van der Waals surface area contributed by atoms with Crippen LogP contribution in [-0.4, -0.2) is 65.6 Å². The Morgan fingerprint density at radius 3 is 1.44 bits per heavy atom. The molecule has 0 spiro atoms. The summed E-state index contributed by atoms with van der Waals surface area (Å²) in [6.07, 6.45) is 2.76. The molecule has 0 unspecified atom stereocenters. The number of halogens is 7. The lowest BCUT2D eigenvalue weighted by molar-refractivity contribution is -0.143. The first-order valence-electron chi connectivity index (χ1n) is 21.2. The normalized spacial score (nSPS) is 11.0. The van der Waals surface area contributed by atoms with Crippen molar-refractivity contribution in [1.82, 2.24) is 19.8 Å². The second-order valence-electron chi connectivity index (χ2n) is 14.5. The number of urea groups is 2. The summed E-state index contributed by atoms with van der Waals surface area (Å²) in [7, 11) is 1.55. The molecule has 2 heterocycles. The van der Waals surface area contributed by atoms with Gasteiger partial charge < -0.3 is 50.1 Å². The average Bonchev–Trinajstić information content (AvgIpc) is 3.33. The predicted octanol–water partition coefficient (Wildman–Crippen LogP) is 11.5. The van der Waals surface area contributed by atoms with Gasteiger partial charge in [-0.05, 0) is 89.8 Å². The monoisotopic (exact) mass is 1260 g/mol. The number of methoxy groups -OCH3 is 1. The third kappa shape index (κ3) is 21.7. The van der Waals surface area contributed by atoms with Crippen LogP contribution in [0.2, 0.25) is 10.0 Å². The van der Waals surface area contributed by atoms with Gasteiger partial charge in [0.2, 0.25) is 0 Å². The minimum absolute atomic E-state index is 0.0191. The predicted molar refractivity (Wildman–Crippen MR) is 296 cm³/mol. The lowest BCUT2D eigenvalue weighted by Gasteiger charge is -2.19. The van der Waals surface area contributed by atoms with E-state index in [1.54, 1.807) is 87.1 Å². The Morgan fingerprint density at radius 1 is 0.653 bits per heavy atom. The molecule has 72 heavy (non-hydrogen) atoms. The Bertz CT molecular complexity index is 2810. The van der Waals surface area contributed by atoms with Gasteiger partial charge in [0.05, 0.1) is 57.1 Å². The average molecular weight is 1260 g/mol. The number of alkyl halides is 2. The van der Waals surface area contributed by atoms with Gasteiger partial charge in [0, 0.05) is 22.4 Å². The number of aliphatic carboxylic acids is 1. The van der Waals surface area contributed by atoms with Crippen molar-refractivity contribution in [2.45, 2.75) is 44.9 Å². The molecule has 6 rings (SSSR count). The number of benzene rings is 4. The molecule has 0 aliphatic rings. The number of hydrogen-bond donors (Lipinski definition) is 6. The molecule has 0 radical (unpaired) electrons. The molecular weight excluding hydrogens is 1210 g/mol. The minimum Gasteiger partial charge on any atom is -0.508 e. The van der Waals surface area contributed by atoms with Crippen molar-refractivity contribution < 1.29 is 38.9 Å². The molecule has 0 aliphatic carbocycles. The standard InChI is InChI=1S/C25H26ClN3O5.C22H20ClN3O5.CH2Cl2.BBr3/c1-3-34-23(30)15-22(17-10-12-19(33-2)13-11-17)28-25(32)27-21-9-6-14-29(24(21)31)16-18-7-4-5-8-20(18)26;23-17-5-2-1-4-15(17)13-26-11-3-6-18(21(26)30)24-22(31)25-19(12-20(28)29)14-7-9-16(27)10-8-14;2-1-3;2-1(3)4/h4-14,22H,3,15-16H2,1-2H3,(H2,27,28,32);1-11,19,27H,12-13H2,(H,28,29)(H2,24,25,31);1H2;/t22-;19-;;/m00../s1. The first kappa shape index (κ1) is 60.8. The van der Waals surface area contributed by atoms with Gasteiger partial charge in [0.25, 0.3) is 11.1 Å². The molecule has 6 aromatic rings. The van der Waals surface area contributed by atoms with E-state index in [1.807, 2.05) is 24.3 Å². The fourth-order valence-corrected chi connectivity index (χ4v) is 6.77. The fraction of sp³-hybridized carbons (Fsp3) is 0.208. The number of anilines is 2. The van der Waals surface area contributed by atoms with Gasteiger partial charge in [-0.3, -0.25) is 19.2 Å². The van der Waals surface area contributed by atoms with Gasteiger partial charge in [-0.2, -0.15) is 0 Å². The van der Waals surface area contributed by atoms with Gasteiger partial charge in [-0.25, -0.2) is 9.59 Å². The Balaban J connectivity index is 0.000000338. The molecular formula is C48H48BBr3Cl4N6O10. The Morgan fingerprint density at radius 2 is 1.06 bits per heavy atom.